The van der Waals surface area contributed by atoms with Crippen molar-refractivity contribution in [1.82, 2.24) is 0 Å². The summed E-state index contributed by atoms with van der Waals surface area (Å²) in [5, 5.41) is 0. The molecule has 0 aromatic heterocycles. The molecule has 110 valence electrons. The molecule has 0 amide bonds. The molecule has 0 heterocycles. The second kappa shape index (κ2) is 6.22. The highest BCUT2D eigenvalue weighted by Crippen LogP contribution is 2.33. The highest BCUT2D eigenvalue weighted by Gasteiger charge is 2.31. The first-order valence-corrected chi connectivity index (χ1v) is 7.14. The van der Waals surface area contributed by atoms with E-state index in [-0.39, 0.29) is 5.75 Å². The van der Waals surface area contributed by atoms with E-state index in [1.165, 1.54) is 23.9 Å². The van der Waals surface area contributed by atoms with E-state index in [4.69, 9.17) is 0 Å². The van der Waals surface area contributed by atoms with Crippen molar-refractivity contribution in [2.45, 2.75) is 11.3 Å². The molecule has 6 heteroatoms. The Hall–Kier alpha value is -1.95. The molecule has 0 N–H and O–H groups in total. The van der Waals surface area contributed by atoms with Gasteiger partial charge in [0.05, 0.1) is 0 Å². The lowest BCUT2D eigenvalue weighted by molar-refractivity contribution is -0.274. The number of halogens is 3. The van der Waals surface area contributed by atoms with Crippen molar-refractivity contribution < 1.29 is 22.7 Å². The van der Waals surface area contributed by atoms with Gasteiger partial charge in [-0.15, -0.1) is 24.9 Å². The highest BCUT2D eigenvalue weighted by molar-refractivity contribution is 7.98. The predicted molar refractivity (Wildman–Crippen MR) is 75.7 cm³/mol. The summed E-state index contributed by atoms with van der Waals surface area (Å²) in [6.45, 7) is 0. The Labute approximate surface area is 123 Å². The molecular weight excluding hydrogens is 301 g/mol. The van der Waals surface area contributed by atoms with Crippen molar-refractivity contribution in [2.24, 2.45) is 0 Å². The minimum atomic E-state index is -4.74. The average Bonchev–Trinajstić information content (AvgIpc) is 2.45. The SMILES string of the molecule is CSc1cc(OC(F)(F)F)cc(-c2cccc(C=O)c2)c1. The number of hydrogen-bond donors (Lipinski definition) is 0. The van der Waals surface area contributed by atoms with Crippen LogP contribution in [-0.2, 0) is 0 Å². The van der Waals surface area contributed by atoms with Gasteiger partial charge in [0, 0.05) is 10.5 Å². The number of benzene rings is 2. The molecule has 0 aliphatic carbocycles. The van der Waals surface area contributed by atoms with Gasteiger partial charge in [-0.25, -0.2) is 0 Å². The molecule has 2 aromatic carbocycles. The third kappa shape index (κ3) is 4.26. The zero-order valence-electron chi connectivity index (χ0n) is 11.0. The van der Waals surface area contributed by atoms with Crippen LogP contribution in [0.15, 0.2) is 47.4 Å². The third-order valence-electron chi connectivity index (χ3n) is 2.71. The first-order valence-electron chi connectivity index (χ1n) is 5.92. The molecule has 21 heavy (non-hydrogen) atoms. The van der Waals surface area contributed by atoms with Gasteiger partial charge in [0.1, 0.15) is 12.0 Å². The van der Waals surface area contributed by atoms with Gasteiger partial charge < -0.3 is 4.74 Å². The van der Waals surface area contributed by atoms with Crippen LogP contribution >= 0.6 is 11.8 Å². The number of carbonyl (C=O) groups is 1. The maximum Gasteiger partial charge on any atom is 0.573 e. The van der Waals surface area contributed by atoms with Crippen molar-refractivity contribution in [3.8, 4) is 16.9 Å². The van der Waals surface area contributed by atoms with Crippen molar-refractivity contribution in [1.29, 1.82) is 0 Å². The topological polar surface area (TPSA) is 26.3 Å². The first-order chi connectivity index (χ1) is 9.91. The molecule has 2 nitrogen and oxygen atoms in total. The molecular formula is C15H11F3O2S. The summed E-state index contributed by atoms with van der Waals surface area (Å²) in [4.78, 5) is 11.4. The van der Waals surface area contributed by atoms with E-state index in [0.29, 0.717) is 27.9 Å². The molecule has 0 atom stereocenters. The molecule has 0 aliphatic rings. The lowest BCUT2D eigenvalue weighted by atomic mass is 10.0. The van der Waals surface area contributed by atoms with Crippen LogP contribution in [0.4, 0.5) is 13.2 Å². The van der Waals surface area contributed by atoms with Crippen molar-refractivity contribution in [3.05, 3.63) is 48.0 Å². The maximum absolute atomic E-state index is 12.4. The molecule has 0 unspecified atom stereocenters. The van der Waals surface area contributed by atoms with Crippen LogP contribution in [-0.4, -0.2) is 18.9 Å². The summed E-state index contributed by atoms with van der Waals surface area (Å²) in [5.41, 5.74) is 1.67. The number of carbonyl (C=O) groups excluding carboxylic acids is 1. The molecule has 2 rings (SSSR count). The number of aldehydes is 1. The Kier molecular flexibility index (Phi) is 4.57. The van der Waals surface area contributed by atoms with Gasteiger partial charge in [0.25, 0.3) is 0 Å². The van der Waals surface area contributed by atoms with E-state index in [1.807, 2.05) is 0 Å². The minimum absolute atomic E-state index is 0.277. The monoisotopic (exact) mass is 312 g/mol. The van der Waals surface area contributed by atoms with Gasteiger partial charge >= 0.3 is 6.36 Å². The van der Waals surface area contributed by atoms with Gasteiger partial charge in [0.15, 0.2) is 0 Å². The van der Waals surface area contributed by atoms with Crippen LogP contribution in [0.1, 0.15) is 10.4 Å². The van der Waals surface area contributed by atoms with Crippen LogP contribution < -0.4 is 4.74 Å². The Morgan fingerprint density at radius 1 is 1.10 bits per heavy atom. The predicted octanol–water partition coefficient (Wildman–Crippen LogP) is 4.79. The second-order valence-corrected chi connectivity index (χ2v) is 5.07. The van der Waals surface area contributed by atoms with E-state index >= 15 is 0 Å². The number of thioether (sulfide) groups is 1. The normalized spacial score (nSPS) is 11.2. The fraction of sp³-hybridized carbons (Fsp3) is 0.133. The van der Waals surface area contributed by atoms with Gasteiger partial charge in [-0.3, -0.25) is 4.79 Å². The van der Waals surface area contributed by atoms with Gasteiger partial charge in [-0.05, 0) is 41.6 Å². The first kappa shape index (κ1) is 15.4. The number of rotatable bonds is 4. The zero-order valence-corrected chi connectivity index (χ0v) is 11.8. The summed E-state index contributed by atoms with van der Waals surface area (Å²) in [7, 11) is 0. The van der Waals surface area contributed by atoms with E-state index in [2.05, 4.69) is 4.74 Å². The van der Waals surface area contributed by atoms with E-state index in [9.17, 15) is 18.0 Å². The van der Waals surface area contributed by atoms with E-state index < -0.39 is 6.36 Å². The van der Waals surface area contributed by atoms with Crippen LogP contribution in [0.25, 0.3) is 11.1 Å². The standard InChI is InChI=1S/C15H11F3O2S/c1-21-14-7-12(6-13(8-14)20-15(16,17)18)11-4-2-3-10(5-11)9-19/h2-9H,1H3. The van der Waals surface area contributed by atoms with Crippen LogP contribution in [0, 0.1) is 0 Å². The summed E-state index contributed by atoms with van der Waals surface area (Å²) in [5.74, 6) is -0.277. The zero-order chi connectivity index (χ0) is 15.5. The third-order valence-corrected chi connectivity index (χ3v) is 3.41. The van der Waals surface area contributed by atoms with Crippen LogP contribution in [0.2, 0.25) is 0 Å². The smallest absolute Gasteiger partial charge is 0.406 e. The summed E-state index contributed by atoms with van der Waals surface area (Å²) in [6.07, 6.45) is -2.29. The Balaban J connectivity index is 2.47. The Morgan fingerprint density at radius 3 is 2.48 bits per heavy atom. The molecule has 0 spiro atoms. The highest BCUT2D eigenvalue weighted by atomic mass is 32.2. The molecule has 0 fully saturated rings. The quantitative estimate of drug-likeness (QED) is 0.600. The van der Waals surface area contributed by atoms with Gasteiger partial charge in [-0.2, -0.15) is 0 Å². The lowest BCUT2D eigenvalue weighted by Gasteiger charge is -2.12. The summed E-state index contributed by atoms with van der Waals surface area (Å²) in [6, 6.07) is 11.0. The second-order valence-electron chi connectivity index (χ2n) is 4.19. The molecule has 0 saturated carbocycles. The molecule has 2 aromatic rings. The summed E-state index contributed by atoms with van der Waals surface area (Å²) < 4.78 is 41.0. The fourth-order valence-electron chi connectivity index (χ4n) is 1.84. The molecule has 0 bridgehead atoms. The van der Waals surface area contributed by atoms with Gasteiger partial charge in [-0.1, -0.05) is 18.2 Å². The lowest BCUT2D eigenvalue weighted by Crippen LogP contribution is -2.17. The van der Waals surface area contributed by atoms with Crippen LogP contribution in [0.5, 0.6) is 5.75 Å². The maximum atomic E-state index is 12.4. The van der Waals surface area contributed by atoms with Crippen molar-refractivity contribution in [3.63, 3.8) is 0 Å². The minimum Gasteiger partial charge on any atom is -0.406 e. The summed E-state index contributed by atoms with van der Waals surface area (Å²) >= 11 is 1.31. The number of alkyl halides is 3. The molecule has 0 saturated heterocycles. The molecule has 0 aliphatic heterocycles. The van der Waals surface area contributed by atoms with E-state index in [1.54, 1.807) is 36.6 Å². The van der Waals surface area contributed by atoms with E-state index in [0.717, 1.165) is 0 Å². The largest absolute Gasteiger partial charge is 0.573 e. The van der Waals surface area contributed by atoms with Gasteiger partial charge in [0.2, 0.25) is 0 Å². The Morgan fingerprint density at radius 2 is 1.86 bits per heavy atom. The number of hydrogen-bond acceptors (Lipinski definition) is 3. The van der Waals surface area contributed by atoms with Crippen molar-refractivity contribution in [2.75, 3.05) is 6.26 Å². The van der Waals surface area contributed by atoms with Crippen molar-refractivity contribution >= 4 is 18.0 Å². The molecule has 0 radical (unpaired) electrons. The fourth-order valence-corrected chi connectivity index (χ4v) is 2.32. The van der Waals surface area contributed by atoms with Crippen LogP contribution in [0.3, 0.4) is 0 Å². The number of ether oxygens (including phenoxy) is 1. The Bertz CT molecular complexity index is 654. The average molecular weight is 312 g/mol.